The second-order valence-corrected chi connectivity index (χ2v) is 7.21. The third-order valence-corrected chi connectivity index (χ3v) is 5.60. The van der Waals surface area contributed by atoms with Crippen LogP contribution in [-0.4, -0.2) is 48.1 Å². The third-order valence-electron chi connectivity index (χ3n) is 5.60. The number of methoxy groups -OCH3 is 1. The number of benzene rings is 1. The van der Waals surface area contributed by atoms with Gasteiger partial charge in [-0.2, -0.15) is 0 Å². The summed E-state index contributed by atoms with van der Waals surface area (Å²) in [6, 6.07) is 2.01. The van der Waals surface area contributed by atoms with E-state index in [2.05, 4.69) is 11.9 Å². The molecule has 9 nitrogen and oxygen atoms in total. The number of hydrogen-bond donors (Lipinski definition) is 2. The smallest absolute Gasteiger partial charge is 0.321 e. The van der Waals surface area contributed by atoms with Gasteiger partial charge in [0.05, 0.1) is 12.0 Å². The molecular formula is C19H23N3O6. The lowest BCUT2D eigenvalue weighted by Gasteiger charge is -2.25. The molecule has 0 aromatic heterocycles. The Balaban J connectivity index is 1.92. The van der Waals surface area contributed by atoms with E-state index in [0.29, 0.717) is 30.8 Å². The molecule has 1 aromatic carbocycles. The Labute approximate surface area is 162 Å². The van der Waals surface area contributed by atoms with E-state index in [1.807, 2.05) is 6.92 Å². The van der Waals surface area contributed by atoms with Crippen LogP contribution in [-0.2, 0) is 16.0 Å². The van der Waals surface area contributed by atoms with E-state index in [9.17, 15) is 24.8 Å². The Morgan fingerprint density at radius 1 is 1.46 bits per heavy atom. The first-order valence-electron chi connectivity index (χ1n) is 9.02. The van der Waals surface area contributed by atoms with Crippen molar-refractivity contribution in [1.29, 1.82) is 0 Å². The third kappa shape index (κ3) is 3.33. The van der Waals surface area contributed by atoms with Gasteiger partial charge in [-0.1, -0.05) is 12.2 Å². The van der Waals surface area contributed by atoms with E-state index in [0.717, 1.165) is 5.57 Å². The molecule has 0 aliphatic carbocycles. The molecular weight excluding hydrogens is 366 g/mol. The van der Waals surface area contributed by atoms with E-state index < -0.39 is 22.9 Å². The van der Waals surface area contributed by atoms with Gasteiger partial charge in [0.25, 0.3) is 5.69 Å². The largest absolute Gasteiger partial charge is 0.496 e. The summed E-state index contributed by atoms with van der Waals surface area (Å²) in [7, 11) is 1.48. The van der Waals surface area contributed by atoms with Crippen molar-refractivity contribution in [1.82, 2.24) is 5.32 Å². The minimum absolute atomic E-state index is 0.0324. The first-order chi connectivity index (χ1) is 13.3. The number of anilines is 1. The van der Waals surface area contributed by atoms with Crippen molar-refractivity contribution < 1.29 is 24.4 Å². The van der Waals surface area contributed by atoms with Gasteiger partial charge in [0.2, 0.25) is 5.91 Å². The van der Waals surface area contributed by atoms with Crippen LogP contribution in [0.25, 0.3) is 0 Å². The molecule has 9 heteroatoms. The number of amides is 1. The molecule has 2 N–H and O–H groups in total. The van der Waals surface area contributed by atoms with Crippen LogP contribution in [0.2, 0.25) is 0 Å². The molecule has 3 atom stereocenters. The first-order valence-corrected chi connectivity index (χ1v) is 9.02. The lowest BCUT2D eigenvalue weighted by atomic mass is 9.83. The highest BCUT2D eigenvalue weighted by atomic mass is 16.6. The summed E-state index contributed by atoms with van der Waals surface area (Å²) in [5.74, 6) is -1.46. The first kappa shape index (κ1) is 19.8. The molecule has 2 aliphatic rings. The molecule has 2 heterocycles. The summed E-state index contributed by atoms with van der Waals surface area (Å²) in [6.07, 6.45) is 0.413. The number of aliphatic carboxylic acids is 1. The predicted molar refractivity (Wildman–Crippen MR) is 102 cm³/mol. The number of carboxylic acid groups (broad SMARTS) is 1. The summed E-state index contributed by atoms with van der Waals surface area (Å²) in [5, 5.41) is 23.9. The zero-order valence-electron chi connectivity index (χ0n) is 15.8. The molecule has 1 fully saturated rings. The van der Waals surface area contributed by atoms with Crippen molar-refractivity contribution in [3.63, 3.8) is 0 Å². The van der Waals surface area contributed by atoms with Crippen LogP contribution < -0.4 is 15.0 Å². The van der Waals surface area contributed by atoms with Gasteiger partial charge in [-0.05, 0) is 25.3 Å². The van der Waals surface area contributed by atoms with E-state index in [4.69, 9.17) is 4.74 Å². The topological polar surface area (TPSA) is 122 Å². The van der Waals surface area contributed by atoms with Gasteiger partial charge in [0, 0.05) is 37.1 Å². The number of nitro benzene ring substituents is 1. The lowest BCUT2D eigenvalue weighted by molar-refractivity contribution is -0.384. The molecule has 0 unspecified atom stereocenters. The maximum absolute atomic E-state index is 13.1. The van der Waals surface area contributed by atoms with E-state index in [1.54, 1.807) is 0 Å². The number of carbonyl (C=O) groups excluding carboxylic acids is 1. The van der Waals surface area contributed by atoms with E-state index in [1.165, 1.54) is 24.1 Å². The van der Waals surface area contributed by atoms with Crippen molar-refractivity contribution in [2.75, 3.05) is 25.1 Å². The van der Waals surface area contributed by atoms with Crippen LogP contribution in [0.3, 0.4) is 0 Å². The van der Waals surface area contributed by atoms with Gasteiger partial charge in [0.1, 0.15) is 17.5 Å². The average molecular weight is 389 g/mol. The van der Waals surface area contributed by atoms with Crippen LogP contribution >= 0.6 is 0 Å². The molecule has 1 amide bonds. The van der Waals surface area contributed by atoms with Crippen LogP contribution in [0.1, 0.15) is 18.9 Å². The standard InChI is InChI=1S/C19H23N3O6/c1-10(2)13-9-20-17(19(24)25)12(13)8-16(23)21-7-6-11-15(28-3)5-4-14(18(11)21)22(26)27/h4-5,12-13,17,20H,1,6-9H2,2-3H3,(H,24,25)/t12-,13+,17-/m0/s1. The van der Waals surface area contributed by atoms with E-state index >= 15 is 0 Å². The SMILES string of the molecule is C=C(C)[C@H]1CN[C@H](C(=O)O)[C@H]1CC(=O)N1CCc2c(OC)ccc([N+](=O)[O-])c21. The van der Waals surface area contributed by atoms with Crippen LogP contribution in [0.5, 0.6) is 5.75 Å². The number of carbonyl (C=O) groups is 2. The van der Waals surface area contributed by atoms with Crippen molar-refractivity contribution >= 4 is 23.3 Å². The summed E-state index contributed by atoms with van der Waals surface area (Å²) in [4.78, 5) is 37.0. The molecule has 150 valence electrons. The molecule has 0 bridgehead atoms. The molecule has 3 rings (SSSR count). The summed E-state index contributed by atoms with van der Waals surface area (Å²) < 4.78 is 5.29. The summed E-state index contributed by atoms with van der Waals surface area (Å²) >= 11 is 0. The van der Waals surface area contributed by atoms with Gasteiger partial charge >= 0.3 is 5.97 Å². The quantitative estimate of drug-likeness (QED) is 0.432. The van der Waals surface area contributed by atoms with Gasteiger partial charge in [-0.3, -0.25) is 19.7 Å². The maximum Gasteiger partial charge on any atom is 0.321 e. The number of nitrogens with zero attached hydrogens (tertiary/aromatic N) is 2. The molecule has 1 saturated heterocycles. The fourth-order valence-corrected chi connectivity index (χ4v) is 4.24. The number of rotatable bonds is 6. The van der Waals surface area contributed by atoms with Crippen molar-refractivity contribution in [3.8, 4) is 5.75 Å². The van der Waals surface area contributed by atoms with Crippen LogP contribution in [0.4, 0.5) is 11.4 Å². The van der Waals surface area contributed by atoms with Gasteiger partial charge in [0.15, 0.2) is 0 Å². The minimum Gasteiger partial charge on any atom is -0.496 e. The zero-order valence-corrected chi connectivity index (χ0v) is 15.8. The minimum atomic E-state index is -1.02. The average Bonchev–Trinajstić information content (AvgIpc) is 3.25. The molecule has 2 aliphatic heterocycles. The van der Waals surface area contributed by atoms with Gasteiger partial charge in [-0.15, -0.1) is 0 Å². The molecule has 28 heavy (non-hydrogen) atoms. The Bertz CT molecular complexity index is 830. The number of nitro groups is 1. The van der Waals surface area contributed by atoms with Crippen LogP contribution in [0, 0.1) is 22.0 Å². The van der Waals surface area contributed by atoms with Crippen LogP contribution in [0.15, 0.2) is 24.3 Å². The molecule has 0 spiro atoms. The zero-order chi connectivity index (χ0) is 20.6. The number of carboxylic acids is 1. The van der Waals surface area contributed by atoms with Crippen molar-refractivity contribution in [3.05, 3.63) is 40.0 Å². The van der Waals surface area contributed by atoms with Gasteiger partial charge in [-0.25, -0.2) is 0 Å². The fourth-order valence-electron chi connectivity index (χ4n) is 4.24. The number of ether oxygens (including phenoxy) is 1. The molecule has 0 radical (unpaired) electrons. The highest BCUT2D eigenvalue weighted by molar-refractivity contribution is 5.99. The maximum atomic E-state index is 13.1. The predicted octanol–water partition coefficient (Wildman–Crippen LogP) is 1.75. The number of nitrogens with one attached hydrogen (secondary N) is 1. The Hall–Kier alpha value is -2.94. The Morgan fingerprint density at radius 3 is 2.75 bits per heavy atom. The number of fused-ring (bicyclic) bond motifs is 1. The number of hydrogen-bond acceptors (Lipinski definition) is 6. The highest BCUT2D eigenvalue weighted by Gasteiger charge is 2.43. The second-order valence-electron chi connectivity index (χ2n) is 7.21. The summed E-state index contributed by atoms with van der Waals surface area (Å²) in [5.41, 5.74) is 1.53. The lowest BCUT2D eigenvalue weighted by Crippen LogP contribution is -2.39. The Kier molecular flexibility index (Phi) is 5.37. The summed E-state index contributed by atoms with van der Waals surface area (Å²) in [6.45, 7) is 6.47. The van der Waals surface area contributed by atoms with Crippen molar-refractivity contribution in [2.24, 2.45) is 11.8 Å². The monoisotopic (exact) mass is 389 g/mol. The van der Waals surface area contributed by atoms with Crippen molar-refractivity contribution in [2.45, 2.75) is 25.8 Å². The normalized spacial score (nSPS) is 23.4. The Morgan fingerprint density at radius 2 is 2.18 bits per heavy atom. The van der Waals surface area contributed by atoms with E-state index in [-0.39, 0.29) is 29.6 Å². The molecule has 1 aromatic rings. The second kappa shape index (κ2) is 7.59. The molecule has 0 saturated carbocycles. The fraction of sp³-hybridized carbons (Fsp3) is 0.474. The van der Waals surface area contributed by atoms with Gasteiger partial charge < -0.3 is 20.1 Å². The highest BCUT2D eigenvalue weighted by Crippen LogP contribution is 2.43.